The molecule has 1 aromatic heterocycles. The monoisotopic (exact) mass is 450 g/mol. The van der Waals surface area contributed by atoms with Crippen molar-refractivity contribution >= 4 is 35.6 Å². The Bertz CT molecular complexity index is 709. The van der Waals surface area contributed by atoms with Crippen molar-refractivity contribution in [2.24, 2.45) is 10.7 Å². The average Bonchev–Trinajstić information content (AvgIpc) is 2.55. The van der Waals surface area contributed by atoms with E-state index in [1.807, 2.05) is 30.5 Å². The SMILES string of the molecule is CC(C)c1cccc(NC(N)=NCC2(c3ccccn3)CCC2)c1.I. The van der Waals surface area contributed by atoms with Crippen molar-refractivity contribution in [2.45, 2.75) is 44.4 Å². The molecule has 2 aromatic rings. The maximum atomic E-state index is 6.11. The molecule has 1 fully saturated rings. The van der Waals surface area contributed by atoms with Crippen molar-refractivity contribution in [1.29, 1.82) is 0 Å². The fourth-order valence-electron chi connectivity index (χ4n) is 3.17. The summed E-state index contributed by atoms with van der Waals surface area (Å²) in [5.74, 6) is 0.963. The molecule has 134 valence electrons. The molecule has 25 heavy (non-hydrogen) atoms. The van der Waals surface area contributed by atoms with Gasteiger partial charge >= 0.3 is 0 Å². The van der Waals surface area contributed by atoms with E-state index in [9.17, 15) is 0 Å². The first kappa shape index (κ1) is 19.7. The number of anilines is 1. The van der Waals surface area contributed by atoms with Crippen LogP contribution in [0.5, 0.6) is 0 Å². The minimum absolute atomic E-state index is 0. The number of nitrogens with two attached hydrogens (primary N) is 1. The molecule has 0 unspecified atom stereocenters. The quantitative estimate of drug-likeness (QED) is 0.395. The van der Waals surface area contributed by atoms with Crippen LogP contribution in [-0.2, 0) is 5.41 Å². The van der Waals surface area contributed by atoms with E-state index in [1.165, 1.54) is 12.0 Å². The van der Waals surface area contributed by atoms with Crippen molar-refractivity contribution < 1.29 is 0 Å². The second kappa shape index (κ2) is 8.65. The van der Waals surface area contributed by atoms with Gasteiger partial charge in [-0.3, -0.25) is 9.98 Å². The zero-order chi connectivity index (χ0) is 17.0. The molecule has 0 spiro atoms. The van der Waals surface area contributed by atoms with Crippen LogP contribution >= 0.6 is 24.0 Å². The summed E-state index contributed by atoms with van der Waals surface area (Å²) in [6, 6.07) is 14.4. The molecule has 1 aliphatic rings. The minimum Gasteiger partial charge on any atom is -0.370 e. The Kier molecular flexibility index (Phi) is 6.81. The van der Waals surface area contributed by atoms with Gasteiger partial charge in [-0.25, -0.2) is 0 Å². The Labute approximate surface area is 167 Å². The highest BCUT2D eigenvalue weighted by Gasteiger charge is 2.39. The van der Waals surface area contributed by atoms with Crippen LogP contribution in [0.15, 0.2) is 53.7 Å². The molecule has 4 nitrogen and oxygen atoms in total. The summed E-state index contributed by atoms with van der Waals surface area (Å²) in [4.78, 5) is 9.14. The number of halogens is 1. The summed E-state index contributed by atoms with van der Waals surface area (Å²) >= 11 is 0. The fraction of sp³-hybridized carbons (Fsp3) is 0.400. The molecule has 0 saturated heterocycles. The molecular weight excluding hydrogens is 423 g/mol. The number of rotatable bonds is 5. The van der Waals surface area contributed by atoms with Gasteiger partial charge in [-0.2, -0.15) is 0 Å². The molecule has 0 aliphatic heterocycles. The van der Waals surface area contributed by atoms with E-state index >= 15 is 0 Å². The molecular formula is C20H27IN4. The first-order valence-corrected chi connectivity index (χ1v) is 8.67. The number of guanidine groups is 1. The van der Waals surface area contributed by atoms with Crippen molar-refractivity contribution in [1.82, 2.24) is 4.98 Å². The lowest BCUT2D eigenvalue weighted by Crippen LogP contribution is -2.39. The van der Waals surface area contributed by atoms with Gasteiger partial charge in [-0.1, -0.05) is 38.5 Å². The van der Waals surface area contributed by atoms with Gasteiger partial charge in [-0.05, 0) is 48.6 Å². The first-order valence-electron chi connectivity index (χ1n) is 8.67. The van der Waals surface area contributed by atoms with Gasteiger partial charge in [-0.15, -0.1) is 24.0 Å². The highest BCUT2D eigenvalue weighted by atomic mass is 127. The lowest BCUT2D eigenvalue weighted by molar-refractivity contribution is 0.246. The number of aliphatic imine (C=N–C) groups is 1. The second-order valence-corrected chi connectivity index (χ2v) is 6.96. The van der Waals surface area contributed by atoms with Gasteiger partial charge in [0, 0.05) is 23.0 Å². The van der Waals surface area contributed by atoms with Crippen LogP contribution in [0.1, 0.15) is 50.3 Å². The van der Waals surface area contributed by atoms with Crippen LogP contribution in [0.2, 0.25) is 0 Å². The molecule has 1 heterocycles. The lowest BCUT2D eigenvalue weighted by Gasteiger charge is -2.40. The van der Waals surface area contributed by atoms with E-state index in [4.69, 9.17) is 5.73 Å². The number of aromatic nitrogens is 1. The number of hydrogen-bond acceptors (Lipinski definition) is 2. The Morgan fingerprint density at radius 3 is 2.64 bits per heavy atom. The predicted molar refractivity (Wildman–Crippen MR) is 116 cm³/mol. The van der Waals surface area contributed by atoms with Gasteiger partial charge in [0.15, 0.2) is 5.96 Å². The fourth-order valence-corrected chi connectivity index (χ4v) is 3.17. The van der Waals surface area contributed by atoms with Crippen molar-refractivity contribution in [2.75, 3.05) is 11.9 Å². The minimum atomic E-state index is 0. The van der Waals surface area contributed by atoms with Crippen LogP contribution in [0.4, 0.5) is 5.69 Å². The molecule has 1 aromatic carbocycles. The van der Waals surface area contributed by atoms with Crippen LogP contribution in [-0.4, -0.2) is 17.5 Å². The Hall–Kier alpha value is -1.63. The number of hydrogen-bond donors (Lipinski definition) is 2. The van der Waals surface area contributed by atoms with E-state index < -0.39 is 0 Å². The third-order valence-electron chi connectivity index (χ3n) is 4.90. The summed E-state index contributed by atoms with van der Waals surface area (Å²) in [7, 11) is 0. The maximum absolute atomic E-state index is 6.11. The number of nitrogens with zero attached hydrogens (tertiary/aromatic N) is 2. The van der Waals surface area contributed by atoms with Crippen LogP contribution in [0, 0.1) is 0 Å². The largest absolute Gasteiger partial charge is 0.370 e. The molecule has 3 N–H and O–H groups in total. The van der Waals surface area contributed by atoms with Crippen molar-refractivity contribution in [3.8, 4) is 0 Å². The number of benzene rings is 1. The van der Waals surface area contributed by atoms with E-state index in [2.05, 4.69) is 47.3 Å². The highest BCUT2D eigenvalue weighted by Crippen LogP contribution is 2.42. The smallest absolute Gasteiger partial charge is 0.193 e. The molecule has 0 amide bonds. The second-order valence-electron chi connectivity index (χ2n) is 6.96. The van der Waals surface area contributed by atoms with Gasteiger partial charge in [0.05, 0.1) is 6.54 Å². The Morgan fingerprint density at radius 2 is 2.04 bits per heavy atom. The number of pyridine rings is 1. The Balaban J connectivity index is 0.00000225. The van der Waals surface area contributed by atoms with Gasteiger partial charge in [0.1, 0.15) is 0 Å². The van der Waals surface area contributed by atoms with Crippen LogP contribution in [0.25, 0.3) is 0 Å². The Morgan fingerprint density at radius 1 is 1.24 bits per heavy atom. The summed E-state index contributed by atoms with van der Waals surface area (Å²) in [5.41, 5.74) is 9.59. The molecule has 1 saturated carbocycles. The summed E-state index contributed by atoms with van der Waals surface area (Å²) in [6.07, 6.45) is 5.35. The summed E-state index contributed by atoms with van der Waals surface area (Å²) in [5, 5.41) is 3.22. The molecule has 0 atom stereocenters. The first-order chi connectivity index (χ1) is 11.6. The van der Waals surface area contributed by atoms with E-state index in [0.717, 1.165) is 24.2 Å². The zero-order valence-electron chi connectivity index (χ0n) is 14.9. The normalized spacial score (nSPS) is 16.0. The van der Waals surface area contributed by atoms with Crippen LogP contribution < -0.4 is 11.1 Å². The topological polar surface area (TPSA) is 63.3 Å². The van der Waals surface area contributed by atoms with Gasteiger partial charge in [0.25, 0.3) is 0 Å². The van der Waals surface area contributed by atoms with Crippen LogP contribution in [0.3, 0.4) is 0 Å². The van der Waals surface area contributed by atoms with Gasteiger partial charge in [0.2, 0.25) is 0 Å². The third-order valence-corrected chi connectivity index (χ3v) is 4.90. The van der Waals surface area contributed by atoms with Crippen molar-refractivity contribution in [3.05, 3.63) is 59.9 Å². The highest BCUT2D eigenvalue weighted by molar-refractivity contribution is 14.0. The molecule has 1 aliphatic carbocycles. The third kappa shape index (κ3) is 4.71. The van der Waals surface area contributed by atoms with E-state index in [1.54, 1.807) is 0 Å². The van der Waals surface area contributed by atoms with Crippen molar-refractivity contribution in [3.63, 3.8) is 0 Å². The molecule has 5 heteroatoms. The molecule has 0 bridgehead atoms. The van der Waals surface area contributed by atoms with E-state index in [-0.39, 0.29) is 29.4 Å². The molecule has 3 rings (SSSR count). The maximum Gasteiger partial charge on any atom is 0.193 e. The number of nitrogens with one attached hydrogen (secondary N) is 1. The van der Waals surface area contributed by atoms with Gasteiger partial charge < -0.3 is 11.1 Å². The summed E-state index contributed by atoms with van der Waals surface area (Å²) in [6.45, 7) is 5.06. The summed E-state index contributed by atoms with van der Waals surface area (Å²) < 4.78 is 0. The molecule has 0 radical (unpaired) electrons. The average molecular weight is 450 g/mol. The lowest BCUT2D eigenvalue weighted by atomic mass is 9.66. The van der Waals surface area contributed by atoms with E-state index in [0.29, 0.717) is 18.4 Å². The standard InChI is InChI=1S/C20H26N4.HI/c1-15(2)16-7-5-8-17(13-16)24-19(21)23-14-20(10-6-11-20)18-9-3-4-12-22-18;/h3-5,7-9,12-13,15H,6,10-11,14H2,1-2H3,(H3,21,23,24);1H. The zero-order valence-corrected chi connectivity index (χ0v) is 17.2. The predicted octanol–water partition coefficient (Wildman–Crippen LogP) is 4.67.